The van der Waals surface area contributed by atoms with E-state index in [2.05, 4.69) is 6.07 Å². The summed E-state index contributed by atoms with van der Waals surface area (Å²) in [5.74, 6) is -0.709. The summed E-state index contributed by atoms with van der Waals surface area (Å²) in [7, 11) is 0. The Morgan fingerprint density at radius 1 is 1.29 bits per heavy atom. The van der Waals surface area contributed by atoms with E-state index in [-0.39, 0.29) is 17.3 Å². The number of hydrogen-bond acceptors (Lipinski definition) is 5. The van der Waals surface area contributed by atoms with Crippen LogP contribution in [0.2, 0.25) is 0 Å². The average Bonchev–Trinajstić information content (AvgIpc) is 3.00. The molecule has 1 aromatic carbocycles. The van der Waals surface area contributed by atoms with Crippen molar-refractivity contribution in [1.82, 2.24) is 0 Å². The van der Waals surface area contributed by atoms with Crippen molar-refractivity contribution in [1.29, 1.82) is 5.26 Å². The molecule has 2 N–H and O–H groups in total. The largest absolute Gasteiger partial charge is 0.384 e. The third-order valence-electron chi connectivity index (χ3n) is 5.40. The number of anilines is 1. The molecule has 0 fully saturated rings. The number of ketones is 1. The van der Waals surface area contributed by atoms with Crippen molar-refractivity contribution in [3.8, 4) is 6.07 Å². The molecule has 0 spiro atoms. The van der Waals surface area contributed by atoms with Crippen LogP contribution in [-0.2, 0) is 4.79 Å². The zero-order chi connectivity index (χ0) is 20.0. The van der Waals surface area contributed by atoms with Gasteiger partial charge in [0, 0.05) is 27.4 Å². The third-order valence-corrected chi connectivity index (χ3v) is 6.38. The predicted molar refractivity (Wildman–Crippen MR) is 108 cm³/mol. The molecule has 4 nitrogen and oxygen atoms in total. The van der Waals surface area contributed by atoms with Gasteiger partial charge in [0.15, 0.2) is 5.78 Å². The van der Waals surface area contributed by atoms with Gasteiger partial charge in [0.05, 0.1) is 23.2 Å². The van der Waals surface area contributed by atoms with Crippen molar-refractivity contribution in [2.24, 2.45) is 5.73 Å². The van der Waals surface area contributed by atoms with Gasteiger partial charge in [-0.2, -0.15) is 5.26 Å². The SMILES string of the molecule is Cc1cc([C@@H]2C(C#N)=C(N)N(c3ccccc3F)C3=C2C(=O)CCC3)c(C)s1. The highest BCUT2D eigenvalue weighted by molar-refractivity contribution is 7.12. The second-order valence-corrected chi connectivity index (χ2v) is 8.60. The lowest BCUT2D eigenvalue weighted by atomic mass is 9.75. The summed E-state index contributed by atoms with van der Waals surface area (Å²) in [6.07, 6.45) is 1.74. The molecule has 1 aromatic heterocycles. The number of rotatable bonds is 2. The Hall–Kier alpha value is -2.91. The fourth-order valence-electron chi connectivity index (χ4n) is 4.24. The summed E-state index contributed by atoms with van der Waals surface area (Å²) in [6, 6.07) is 10.6. The van der Waals surface area contributed by atoms with Crippen LogP contribution in [0.25, 0.3) is 0 Å². The molecule has 2 aromatic rings. The Bertz CT molecular complexity index is 1090. The van der Waals surface area contributed by atoms with Crippen LogP contribution in [0.5, 0.6) is 0 Å². The highest BCUT2D eigenvalue weighted by atomic mass is 32.1. The number of carbonyl (C=O) groups is 1. The van der Waals surface area contributed by atoms with Gasteiger partial charge in [0.25, 0.3) is 0 Å². The first-order valence-electron chi connectivity index (χ1n) is 9.21. The van der Waals surface area contributed by atoms with Crippen LogP contribution in [0.15, 0.2) is 53.0 Å². The number of carbonyl (C=O) groups excluding carboxylic acids is 1. The third kappa shape index (κ3) is 2.74. The molecule has 0 saturated carbocycles. The normalized spacial score (nSPS) is 19.7. The van der Waals surface area contributed by atoms with Gasteiger partial charge < -0.3 is 5.73 Å². The number of thiophene rings is 1. The maximum Gasteiger partial charge on any atom is 0.161 e. The molecule has 0 amide bonds. The van der Waals surface area contributed by atoms with E-state index < -0.39 is 11.7 Å². The topological polar surface area (TPSA) is 70.1 Å². The number of Topliss-reactive ketones (excluding diaryl/α,β-unsaturated/α-hetero) is 1. The average molecular weight is 393 g/mol. The molecule has 0 saturated heterocycles. The molecule has 2 heterocycles. The van der Waals surface area contributed by atoms with E-state index >= 15 is 0 Å². The number of para-hydroxylation sites is 1. The van der Waals surface area contributed by atoms with Gasteiger partial charge in [-0.3, -0.25) is 9.69 Å². The molecular formula is C22H20FN3OS. The molecule has 2 aliphatic rings. The predicted octanol–water partition coefficient (Wildman–Crippen LogP) is 4.81. The summed E-state index contributed by atoms with van der Waals surface area (Å²) in [5, 5.41) is 9.96. The van der Waals surface area contributed by atoms with Crippen LogP contribution in [0.1, 0.15) is 40.5 Å². The lowest BCUT2D eigenvalue weighted by molar-refractivity contribution is -0.116. The quantitative estimate of drug-likeness (QED) is 0.795. The lowest BCUT2D eigenvalue weighted by Gasteiger charge is -2.39. The summed E-state index contributed by atoms with van der Waals surface area (Å²) in [6.45, 7) is 4.00. The van der Waals surface area contributed by atoms with Crippen molar-refractivity contribution < 1.29 is 9.18 Å². The Morgan fingerprint density at radius 2 is 2.04 bits per heavy atom. The Labute approximate surface area is 167 Å². The standard InChI is InChI=1S/C22H20FN3OS/c1-12-10-14(13(2)28-12)20-15(11-24)22(25)26(17-7-4-3-6-16(17)23)18-8-5-9-19(27)21(18)20/h3-4,6-7,10,20H,5,8-9,25H2,1-2H3/t20-/m1/s1. The van der Waals surface area contributed by atoms with Gasteiger partial charge in [0.2, 0.25) is 0 Å². The first kappa shape index (κ1) is 18.5. The zero-order valence-electron chi connectivity index (χ0n) is 15.8. The van der Waals surface area contributed by atoms with Crippen molar-refractivity contribution in [3.05, 3.63) is 74.1 Å². The highest BCUT2D eigenvalue weighted by Gasteiger charge is 2.41. The van der Waals surface area contributed by atoms with Gasteiger partial charge >= 0.3 is 0 Å². The van der Waals surface area contributed by atoms with E-state index in [1.807, 2.05) is 19.9 Å². The number of halogens is 1. The number of allylic oxidation sites excluding steroid dienone is 3. The van der Waals surface area contributed by atoms with Gasteiger partial charge in [-0.05, 0) is 50.5 Å². The van der Waals surface area contributed by atoms with Crippen LogP contribution in [0.3, 0.4) is 0 Å². The van der Waals surface area contributed by atoms with Crippen LogP contribution in [0.4, 0.5) is 10.1 Å². The second-order valence-electron chi connectivity index (χ2n) is 7.14. The summed E-state index contributed by atoms with van der Waals surface area (Å²) < 4.78 is 14.6. The van der Waals surface area contributed by atoms with Crippen molar-refractivity contribution in [3.63, 3.8) is 0 Å². The van der Waals surface area contributed by atoms with E-state index in [4.69, 9.17) is 5.73 Å². The molecule has 0 radical (unpaired) electrons. The summed E-state index contributed by atoms with van der Waals surface area (Å²) >= 11 is 1.64. The molecular weight excluding hydrogens is 373 g/mol. The molecule has 1 aliphatic carbocycles. The van der Waals surface area contributed by atoms with Gasteiger partial charge in [0.1, 0.15) is 11.6 Å². The molecule has 1 atom stereocenters. The van der Waals surface area contributed by atoms with Gasteiger partial charge in [-0.25, -0.2) is 4.39 Å². The molecule has 0 bridgehead atoms. The fraction of sp³-hybridized carbons (Fsp3) is 0.273. The van der Waals surface area contributed by atoms with Gasteiger partial charge in [-0.15, -0.1) is 11.3 Å². The maximum atomic E-state index is 14.6. The summed E-state index contributed by atoms with van der Waals surface area (Å²) in [4.78, 5) is 16.8. The Balaban J connectivity index is 2.01. The smallest absolute Gasteiger partial charge is 0.161 e. The number of nitrogens with zero attached hydrogens (tertiary/aromatic N) is 2. The van der Waals surface area contributed by atoms with Crippen LogP contribution >= 0.6 is 11.3 Å². The number of nitriles is 1. The number of nitrogens with two attached hydrogens (primary N) is 1. The monoisotopic (exact) mass is 393 g/mol. The minimum atomic E-state index is -0.485. The second kappa shape index (κ2) is 6.92. The van der Waals surface area contributed by atoms with Crippen molar-refractivity contribution in [2.45, 2.75) is 39.0 Å². The first-order chi connectivity index (χ1) is 13.4. The summed E-state index contributed by atoms with van der Waals surface area (Å²) in [5.41, 5.74) is 9.26. The minimum Gasteiger partial charge on any atom is -0.384 e. The maximum absolute atomic E-state index is 14.6. The number of aryl methyl sites for hydroxylation is 2. The highest BCUT2D eigenvalue weighted by Crippen LogP contribution is 2.48. The van der Waals surface area contributed by atoms with E-state index in [0.29, 0.717) is 36.1 Å². The van der Waals surface area contributed by atoms with E-state index in [1.54, 1.807) is 34.4 Å². The van der Waals surface area contributed by atoms with Crippen molar-refractivity contribution in [2.75, 3.05) is 4.90 Å². The molecule has 6 heteroatoms. The Kier molecular flexibility index (Phi) is 4.56. The molecule has 1 aliphatic heterocycles. The van der Waals surface area contributed by atoms with Crippen LogP contribution in [0, 0.1) is 31.0 Å². The Morgan fingerprint density at radius 3 is 2.68 bits per heavy atom. The van der Waals surface area contributed by atoms with Gasteiger partial charge in [-0.1, -0.05) is 12.1 Å². The van der Waals surface area contributed by atoms with E-state index in [1.165, 1.54) is 6.07 Å². The van der Waals surface area contributed by atoms with E-state index in [0.717, 1.165) is 15.3 Å². The molecule has 4 rings (SSSR count). The minimum absolute atomic E-state index is 0.0103. The zero-order valence-corrected chi connectivity index (χ0v) is 16.6. The van der Waals surface area contributed by atoms with Crippen molar-refractivity contribution >= 4 is 22.8 Å². The van der Waals surface area contributed by atoms with E-state index in [9.17, 15) is 14.4 Å². The van der Waals surface area contributed by atoms with Crippen LogP contribution < -0.4 is 10.6 Å². The number of hydrogen-bond donors (Lipinski definition) is 1. The number of benzene rings is 1. The fourth-order valence-corrected chi connectivity index (χ4v) is 5.21. The molecule has 28 heavy (non-hydrogen) atoms. The molecule has 142 valence electrons. The first-order valence-corrected chi connectivity index (χ1v) is 10.0. The van der Waals surface area contributed by atoms with Crippen LogP contribution in [-0.4, -0.2) is 5.78 Å². The lowest BCUT2D eigenvalue weighted by Crippen LogP contribution is -2.39. The molecule has 0 unspecified atom stereocenters.